The second-order valence-corrected chi connectivity index (χ2v) is 6.57. The van der Waals surface area contributed by atoms with Crippen molar-refractivity contribution in [3.8, 4) is 23.2 Å². The second kappa shape index (κ2) is 7.88. The zero-order valence-corrected chi connectivity index (χ0v) is 15.8. The topological polar surface area (TPSA) is 127 Å². The van der Waals surface area contributed by atoms with Crippen LogP contribution in [0.25, 0.3) is 22.2 Å². The maximum Gasteiger partial charge on any atom is 0.240 e. The number of primary amides is 1. The van der Waals surface area contributed by atoms with E-state index in [0.717, 1.165) is 10.9 Å². The molecule has 3 N–H and O–H groups in total. The first kappa shape index (κ1) is 19.0. The number of benzene rings is 1. The van der Waals surface area contributed by atoms with Gasteiger partial charge in [0.05, 0.1) is 18.3 Å². The molecule has 0 saturated heterocycles. The molecule has 1 atom stereocenters. The number of nitriles is 1. The molecule has 0 bridgehead atoms. The summed E-state index contributed by atoms with van der Waals surface area (Å²) in [7, 11) is 1.43. The number of fused-ring (bicyclic) bond motifs is 1. The molecule has 0 aliphatic carbocycles. The minimum atomic E-state index is -0.661. The smallest absolute Gasteiger partial charge is 0.240 e. The lowest BCUT2D eigenvalue weighted by Crippen LogP contribution is -2.40. The van der Waals surface area contributed by atoms with Gasteiger partial charge in [0, 0.05) is 17.1 Å². The fourth-order valence-electron chi connectivity index (χ4n) is 2.89. The molecular formula is C20H20N6O2. The quantitative estimate of drug-likeness (QED) is 0.676. The lowest BCUT2D eigenvalue weighted by Gasteiger charge is -2.20. The largest absolute Gasteiger partial charge is 0.480 e. The van der Waals surface area contributed by atoms with Crippen molar-refractivity contribution in [3.05, 3.63) is 42.1 Å². The predicted octanol–water partition coefficient (Wildman–Crippen LogP) is 2.49. The fraction of sp³-hybridized carbons (Fsp3) is 0.250. The first-order chi connectivity index (χ1) is 13.4. The van der Waals surface area contributed by atoms with Gasteiger partial charge in [-0.25, -0.2) is 4.98 Å². The van der Waals surface area contributed by atoms with E-state index in [1.165, 1.54) is 7.11 Å². The van der Waals surface area contributed by atoms with Crippen LogP contribution in [0.2, 0.25) is 0 Å². The first-order valence-corrected chi connectivity index (χ1v) is 8.71. The van der Waals surface area contributed by atoms with Gasteiger partial charge in [-0.1, -0.05) is 26.0 Å². The molecule has 0 saturated carbocycles. The summed E-state index contributed by atoms with van der Waals surface area (Å²) in [6, 6.07) is 10.8. The lowest BCUT2D eigenvalue weighted by atomic mass is 10.0. The fourth-order valence-corrected chi connectivity index (χ4v) is 2.89. The Hall–Kier alpha value is -3.73. The third-order valence-corrected chi connectivity index (χ3v) is 4.32. The van der Waals surface area contributed by atoms with Gasteiger partial charge in [-0.2, -0.15) is 10.2 Å². The number of amides is 1. The van der Waals surface area contributed by atoms with Crippen LogP contribution in [0, 0.1) is 17.2 Å². The number of hydrogen-bond donors (Lipinski definition) is 2. The number of hydrogen-bond acceptors (Lipinski definition) is 7. The molecule has 1 unspecified atom stereocenters. The van der Waals surface area contributed by atoms with Crippen molar-refractivity contribution in [1.29, 1.82) is 5.26 Å². The SMILES string of the molecule is COc1nc(NC(C(N)=O)C(C)C)nc(-c2ccc3ncccc3c2)c1C#N. The molecule has 3 aromatic rings. The van der Waals surface area contributed by atoms with Gasteiger partial charge >= 0.3 is 0 Å². The van der Waals surface area contributed by atoms with Crippen molar-refractivity contribution < 1.29 is 9.53 Å². The monoisotopic (exact) mass is 376 g/mol. The number of anilines is 1. The Labute approximate surface area is 162 Å². The molecule has 2 heterocycles. The van der Waals surface area contributed by atoms with E-state index in [-0.39, 0.29) is 23.3 Å². The number of ether oxygens (including phenoxy) is 1. The lowest BCUT2D eigenvalue weighted by molar-refractivity contribution is -0.119. The van der Waals surface area contributed by atoms with Crippen molar-refractivity contribution >= 4 is 22.8 Å². The Morgan fingerprint density at radius 1 is 1.29 bits per heavy atom. The highest BCUT2D eigenvalue weighted by atomic mass is 16.5. The van der Waals surface area contributed by atoms with Crippen molar-refractivity contribution in [2.24, 2.45) is 11.7 Å². The minimum absolute atomic E-state index is 0.0714. The van der Waals surface area contributed by atoms with E-state index in [1.54, 1.807) is 6.20 Å². The summed E-state index contributed by atoms with van der Waals surface area (Å²) in [6.45, 7) is 3.72. The van der Waals surface area contributed by atoms with Gasteiger partial charge in [-0.15, -0.1) is 0 Å². The molecule has 0 fully saturated rings. The number of methoxy groups -OCH3 is 1. The van der Waals surface area contributed by atoms with Gasteiger partial charge in [0.1, 0.15) is 17.7 Å². The summed E-state index contributed by atoms with van der Waals surface area (Å²) in [4.78, 5) is 24.7. The van der Waals surface area contributed by atoms with E-state index in [1.807, 2.05) is 44.2 Å². The molecule has 28 heavy (non-hydrogen) atoms. The molecule has 2 aromatic heterocycles. The third-order valence-electron chi connectivity index (χ3n) is 4.32. The molecule has 142 valence electrons. The standard InChI is InChI=1S/C20H20N6O2/c1-11(2)16(18(22)27)24-20-25-17(14(10-21)19(26-20)28-3)13-6-7-15-12(9-13)5-4-8-23-15/h4-9,11,16H,1-3H3,(H2,22,27)(H,24,25,26). The highest BCUT2D eigenvalue weighted by molar-refractivity contribution is 5.86. The Morgan fingerprint density at radius 3 is 2.71 bits per heavy atom. The van der Waals surface area contributed by atoms with Crippen molar-refractivity contribution in [1.82, 2.24) is 15.0 Å². The van der Waals surface area contributed by atoms with Crippen LogP contribution in [-0.4, -0.2) is 34.0 Å². The van der Waals surface area contributed by atoms with E-state index >= 15 is 0 Å². The highest BCUT2D eigenvalue weighted by Crippen LogP contribution is 2.30. The van der Waals surface area contributed by atoms with Gasteiger partial charge in [0.25, 0.3) is 0 Å². The minimum Gasteiger partial charge on any atom is -0.480 e. The average Bonchev–Trinajstić information content (AvgIpc) is 2.70. The number of nitrogens with two attached hydrogens (primary N) is 1. The molecule has 0 radical (unpaired) electrons. The summed E-state index contributed by atoms with van der Waals surface area (Å²) < 4.78 is 5.29. The van der Waals surface area contributed by atoms with Crippen molar-refractivity contribution in [2.75, 3.05) is 12.4 Å². The average molecular weight is 376 g/mol. The van der Waals surface area contributed by atoms with E-state index in [9.17, 15) is 10.1 Å². The number of rotatable bonds is 6. The third kappa shape index (κ3) is 3.69. The Morgan fingerprint density at radius 2 is 2.07 bits per heavy atom. The molecule has 3 rings (SSSR count). The Balaban J connectivity index is 2.15. The molecule has 1 aromatic carbocycles. The van der Waals surface area contributed by atoms with Gasteiger partial charge in [-0.3, -0.25) is 9.78 Å². The first-order valence-electron chi connectivity index (χ1n) is 8.71. The van der Waals surface area contributed by atoms with Crippen molar-refractivity contribution in [2.45, 2.75) is 19.9 Å². The van der Waals surface area contributed by atoms with Gasteiger partial charge in [0.15, 0.2) is 0 Å². The number of carbonyl (C=O) groups excluding carboxylic acids is 1. The van der Waals surface area contributed by atoms with Crippen LogP contribution >= 0.6 is 0 Å². The van der Waals surface area contributed by atoms with Crippen LogP contribution in [-0.2, 0) is 4.79 Å². The van der Waals surface area contributed by atoms with Crippen LogP contribution in [0.3, 0.4) is 0 Å². The van der Waals surface area contributed by atoms with Crippen LogP contribution in [0.1, 0.15) is 19.4 Å². The summed E-state index contributed by atoms with van der Waals surface area (Å²) >= 11 is 0. The number of pyridine rings is 1. The van der Waals surface area contributed by atoms with Gasteiger partial charge in [0.2, 0.25) is 17.7 Å². The van der Waals surface area contributed by atoms with E-state index in [2.05, 4.69) is 26.3 Å². The Kier molecular flexibility index (Phi) is 5.36. The highest BCUT2D eigenvalue weighted by Gasteiger charge is 2.23. The van der Waals surface area contributed by atoms with Crippen LogP contribution in [0.5, 0.6) is 5.88 Å². The van der Waals surface area contributed by atoms with E-state index in [0.29, 0.717) is 11.3 Å². The molecular weight excluding hydrogens is 356 g/mol. The maximum atomic E-state index is 11.7. The molecule has 0 aliphatic heterocycles. The zero-order valence-electron chi connectivity index (χ0n) is 15.8. The summed E-state index contributed by atoms with van der Waals surface area (Å²) in [6.07, 6.45) is 1.72. The van der Waals surface area contributed by atoms with Crippen LogP contribution in [0.15, 0.2) is 36.5 Å². The maximum absolute atomic E-state index is 11.7. The zero-order chi connectivity index (χ0) is 20.3. The van der Waals surface area contributed by atoms with Crippen molar-refractivity contribution in [3.63, 3.8) is 0 Å². The molecule has 8 nitrogen and oxygen atoms in total. The van der Waals surface area contributed by atoms with E-state index in [4.69, 9.17) is 10.5 Å². The molecule has 1 amide bonds. The van der Waals surface area contributed by atoms with Gasteiger partial charge < -0.3 is 15.8 Å². The molecule has 0 aliphatic rings. The summed E-state index contributed by atoms with van der Waals surface area (Å²) in [5.74, 6) is -0.305. The number of carbonyl (C=O) groups is 1. The Bertz CT molecular complexity index is 1070. The normalized spacial score (nSPS) is 11.8. The number of nitrogens with zero attached hydrogens (tertiary/aromatic N) is 4. The van der Waals surface area contributed by atoms with Crippen LogP contribution in [0.4, 0.5) is 5.95 Å². The number of aromatic nitrogens is 3. The van der Waals surface area contributed by atoms with Crippen LogP contribution < -0.4 is 15.8 Å². The molecule has 0 spiro atoms. The summed E-state index contributed by atoms with van der Waals surface area (Å²) in [5, 5.41) is 13.5. The summed E-state index contributed by atoms with van der Waals surface area (Å²) in [5.41, 5.74) is 7.62. The predicted molar refractivity (Wildman–Crippen MR) is 105 cm³/mol. The van der Waals surface area contributed by atoms with Gasteiger partial charge in [-0.05, 0) is 24.1 Å². The number of nitrogens with one attached hydrogen (secondary N) is 1. The van der Waals surface area contributed by atoms with E-state index < -0.39 is 11.9 Å². The second-order valence-electron chi connectivity index (χ2n) is 6.57. The molecule has 8 heteroatoms.